The molecular formula is C11H18N2O4S. The first-order valence-electron chi connectivity index (χ1n) is 6.17. The lowest BCUT2D eigenvalue weighted by molar-refractivity contribution is 0.0233. The van der Waals surface area contributed by atoms with E-state index in [0.717, 1.165) is 12.8 Å². The van der Waals surface area contributed by atoms with Gasteiger partial charge in [-0.3, -0.25) is 0 Å². The van der Waals surface area contributed by atoms with Gasteiger partial charge in [-0.05, 0) is 19.3 Å². The molecule has 0 unspecified atom stereocenters. The number of hydrogen-bond acceptors (Lipinski definition) is 6. The van der Waals surface area contributed by atoms with E-state index in [0.29, 0.717) is 11.7 Å². The average molecular weight is 274 g/mol. The van der Waals surface area contributed by atoms with Crippen molar-refractivity contribution in [2.75, 3.05) is 11.5 Å². The van der Waals surface area contributed by atoms with Gasteiger partial charge in [0.1, 0.15) is 0 Å². The molecule has 18 heavy (non-hydrogen) atoms. The molecule has 0 amide bonds. The van der Waals surface area contributed by atoms with Crippen LogP contribution < -0.4 is 0 Å². The molecule has 1 aliphatic rings. The fourth-order valence-corrected chi connectivity index (χ4v) is 3.65. The Labute approximate surface area is 106 Å². The summed E-state index contributed by atoms with van der Waals surface area (Å²) in [7, 11) is -2.98. The van der Waals surface area contributed by atoms with Gasteiger partial charge in [0.05, 0.1) is 23.5 Å². The summed E-state index contributed by atoms with van der Waals surface area (Å²) in [5.74, 6) is 1.08. The van der Waals surface area contributed by atoms with Gasteiger partial charge in [-0.15, -0.1) is 0 Å². The molecule has 2 heterocycles. The summed E-state index contributed by atoms with van der Waals surface area (Å²) in [6, 6.07) is 0. The first-order valence-corrected chi connectivity index (χ1v) is 7.99. The molecule has 0 bridgehead atoms. The summed E-state index contributed by atoms with van der Waals surface area (Å²) >= 11 is 0. The number of sulfone groups is 1. The second kappa shape index (κ2) is 4.97. The molecule has 7 heteroatoms. The minimum Gasteiger partial charge on any atom is -0.389 e. The van der Waals surface area contributed by atoms with Crippen LogP contribution >= 0.6 is 0 Å². The number of aryl methyl sites for hydroxylation is 1. The van der Waals surface area contributed by atoms with E-state index in [1.165, 1.54) is 0 Å². The molecule has 0 spiro atoms. The number of aliphatic hydroxyl groups is 1. The lowest BCUT2D eigenvalue weighted by Crippen LogP contribution is -2.41. The molecule has 1 aliphatic heterocycles. The summed E-state index contributed by atoms with van der Waals surface area (Å²) in [4.78, 5) is 4.19. The topological polar surface area (TPSA) is 93.3 Å². The van der Waals surface area contributed by atoms with E-state index in [9.17, 15) is 13.5 Å². The third kappa shape index (κ3) is 3.29. The van der Waals surface area contributed by atoms with Gasteiger partial charge in [0.15, 0.2) is 15.7 Å². The number of rotatable bonds is 4. The molecule has 1 aromatic heterocycles. The maximum atomic E-state index is 11.3. The standard InChI is InChI=1S/C11H18N2O4S/c1-2-3-9-12-10(17-13-9)8-11(14)4-6-18(15,16)7-5-11/h14H,2-8H2,1H3. The highest BCUT2D eigenvalue weighted by atomic mass is 32.2. The van der Waals surface area contributed by atoms with E-state index in [2.05, 4.69) is 10.1 Å². The zero-order valence-corrected chi connectivity index (χ0v) is 11.2. The summed E-state index contributed by atoms with van der Waals surface area (Å²) in [5, 5.41) is 14.1. The Balaban J connectivity index is 2.00. The lowest BCUT2D eigenvalue weighted by Gasteiger charge is -2.30. The third-order valence-electron chi connectivity index (χ3n) is 3.22. The highest BCUT2D eigenvalue weighted by Crippen LogP contribution is 2.27. The first-order chi connectivity index (χ1) is 8.42. The second-order valence-corrected chi connectivity index (χ2v) is 7.21. The monoisotopic (exact) mass is 274 g/mol. The Kier molecular flexibility index (Phi) is 3.72. The van der Waals surface area contributed by atoms with Crippen molar-refractivity contribution in [2.24, 2.45) is 0 Å². The number of aromatic nitrogens is 2. The van der Waals surface area contributed by atoms with Gasteiger partial charge < -0.3 is 9.63 Å². The van der Waals surface area contributed by atoms with E-state index in [1.807, 2.05) is 6.92 Å². The van der Waals surface area contributed by atoms with E-state index < -0.39 is 15.4 Å². The molecule has 0 aliphatic carbocycles. The van der Waals surface area contributed by atoms with Gasteiger partial charge in [-0.1, -0.05) is 12.1 Å². The van der Waals surface area contributed by atoms with Crippen molar-refractivity contribution in [2.45, 2.75) is 44.6 Å². The van der Waals surface area contributed by atoms with E-state index in [-0.39, 0.29) is 30.8 Å². The van der Waals surface area contributed by atoms with Crippen molar-refractivity contribution < 1.29 is 18.0 Å². The van der Waals surface area contributed by atoms with Crippen molar-refractivity contribution in [3.63, 3.8) is 0 Å². The van der Waals surface area contributed by atoms with Crippen LogP contribution in [-0.4, -0.2) is 40.8 Å². The van der Waals surface area contributed by atoms with E-state index in [4.69, 9.17) is 4.52 Å². The second-order valence-electron chi connectivity index (χ2n) is 4.91. The van der Waals surface area contributed by atoms with Gasteiger partial charge in [-0.2, -0.15) is 4.98 Å². The van der Waals surface area contributed by atoms with Gasteiger partial charge in [0, 0.05) is 6.42 Å². The predicted molar refractivity (Wildman–Crippen MR) is 64.8 cm³/mol. The predicted octanol–water partition coefficient (Wildman–Crippen LogP) is 0.504. The van der Waals surface area contributed by atoms with Crippen LogP contribution in [0.1, 0.15) is 37.9 Å². The van der Waals surface area contributed by atoms with Crippen LogP contribution in [0, 0.1) is 0 Å². The fourth-order valence-electron chi connectivity index (χ4n) is 2.06. The molecule has 1 saturated heterocycles. The summed E-state index contributed by atoms with van der Waals surface area (Å²) in [6.07, 6.45) is 2.39. The molecule has 1 fully saturated rings. The highest BCUT2D eigenvalue weighted by molar-refractivity contribution is 7.91. The van der Waals surface area contributed by atoms with Crippen molar-refractivity contribution >= 4 is 9.84 Å². The maximum absolute atomic E-state index is 11.3. The molecule has 0 radical (unpaired) electrons. The molecule has 0 aromatic carbocycles. The van der Waals surface area contributed by atoms with Crippen LogP contribution in [0.5, 0.6) is 0 Å². The Morgan fingerprint density at radius 2 is 2.06 bits per heavy atom. The van der Waals surface area contributed by atoms with Crippen LogP contribution in [0.2, 0.25) is 0 Å². The molecular weight excluding hydrogens is 256 g/mol. The largest absolute Gasteiger partial charge is 0.389 e. The number of nitrogens with zero attached hydrogens (tertiary/aromatic N) is 2. The Hall–Kier alpha value is -0.950. The van der Waals surface area contributed by atoms with E-state index in [1.54, 1.807) is 0 Å². The third-order valence-corrected chi connectivity index (χ3v) is 4.87. The molecule has 0 atom stereocenters. The molecule has 2 rings (SSSR count). The molecule has 6 nitrogen and oxygen atoms in total. The average Bonchev–Trinajstić information content (AvgIpc) is 2.72. The van der Waals surface area contributed by atoms with Gasteiger partial charge >= 0.3 is 0 Å². The van der Waals surface area contributed by atoms with Crippen LogP contribution in [-0.2, 0) is 22.7 Å². The Morgan fingerprint density at radius 3 is 2.67 bits per heavy atom. The Morgan fingerprint density at radius 1 is 1.39 bits per heavy atom. The summed E-state index contributed by atoms with van der Waals surface area (Å²) < 4.78 is 27.7. The summed E-state index contributed by atoms with van der Waals surface area (Å²) in [6.45, 7) is 2.02. The zero-order chi connectivity index (χ0) is 13.2. The van der Waals surface area contributed by atoms with Crippen molar-refractivity contribution in [3.8, 4) is 0 Å². The quantitative estimate of drug-likeness (QED) is 0.859. The molecule has 102 valence electrons. The van der Waals surface area contributed by atoms with Crippen molar-refractivity contribution in [1.82, 2.24) is 10.1 Å². The minimum atomic E-state index is -2.98. The van der Waals surface area contributed by atoms with Gasteiger partial charge in [0.2, 0.25) is 5.89 Å². The van der Waals surface area contributed by atoms with Crippen LogP contribution in [0.25, 0.3) is 0 Å². The molecule has 1 N–H and O–H groups in total. The highest BCUT2D eigenvalue weighted by Gasteiger charge is 2.37. The van der Waals surface area contributed by atoms with Crippen molar-refractivity contribution in [1.29, 1.82) is 0 Å². The maximum Gasteiger partial charge on any atom is 0.229 e. The lowest BCUT2D eigenvalue weighted by atomic mass is 9.93. The fraction of sp³-hybridized carbons (Fsp3) is 0.818. The van der Waals surface area contributed by atoms with Gasteiger partial charge in [0.25, 0.3) is 0 Å². The van der Waals surface area contributed by atoms with Crippen LogP contribution in [0.15, 0.2) is 4.52 Å². The molecule has 0 saturated carbocycles. The van der Waals surface area contributed by atoms with Crippen molar-refractivity contribution in [3.05, 3.63) is 11.7 Å². The normalized spacial score (nSPS) is 21.9. The smallest absolute Gasteiger partial charge is 0.229 e. The van der Waals surface area contributed by atoms with Gasteiger partial charge in [-0.25, -0.2) is 8.42 Å². The molecule has 1 aromatic rings. The first kappa shape index (κ1) is 13.5. The van der Waals surface area contributed by atoms with Crippen LogP contribution in [0.3, 0.4) is 0 Å². The number of hydrogen-bond donors (Lipinski definition) is 1. The van der Waals surface area contributed by atoms with E-state index >= 15 is 0 Å². The zero-order valence-electron chi connectivity index (χ0n) is 10.4. The summed E-state index contributed by atoms with van der Waals surface area (Å²) in [5.41, 5.74) is -1.03. The Bertz CT molecular complexity index is 495. The van der Waals surface area contributed by atoms with Crippen LogP contribution in [0.4, 0.5) is 0 Å². The minimum absolute atomic E-state index is 0.0272. The SMILES string of the molecule is CCCc1noc(CC2(O)CCS(=O)(=O)CC2)n1.